The highest BCUT2D eigenvalue weighted by atomic mass is 16.5. The van der Waals surface area contributed by atoms with Crippen molar-refractivity contribution in [1.29, 1.82) is 0 Å². The fourth-order valence-corrected chi connectivity index (χ4v) is 4.60. The van der Waals surface area contributed by atoms with E-state index >= 15 is 0 Å². The molecule has 3 rings (SSSR count). The second-order valence-electron chi connectivity index (χ2n) is 10.0. The van der Waals surface area contributed by atoms with Crippen LogP contribution in [0.4, 0.5) is 4.79 Å². The first-order valence-electron chi connectivity index (χ1n) is 12.2. The third kappa shape index (κ3) is 7.15. The molecule has 6 nitrogen and oxygen atoms in total. The minimum absolute atomic E-state index is 0.0903. The van der Waals surface area contributed by atoms with Gasteiger partial charge in [-0.15, -0.1) is 0 Å². The van der Waals surface area contributed by atoms with E-state index in [1.807, 2.05) is 74.5 Å². The number of carbonyl (C=O) groups is 2. The van der Waals surface area contributed by atoms with E-state index in [0.717, 1.165) is 17.5 Å². The van der Waals surface area contributed by atoms with Crippen LogP contribution in [0.3, 0.4) is 0 Å². The van der Waals surface area contributed by atoms with Crippen LogP contribution in [0.15, 0.2) is 60.7 Å². The van der Waals surface area contributed by atoms with Gasteiger partial charge in [0.05, 0.1) is 17.9 Å². The highest BCUT2D eigenvalue weighted by molar-refractivity contribution is 6.05. The van der Waals surface area contributed by atoms with Crippen LogP contribution in [0, 0.1) is 17.8 Å². The Balaban J connectivity index is 1.57. The van der Waals surface area contributed by atoms with E-state index in [2.05, 4.69) is 24.5 Å². The topological polar surface area (TPSA) is 87.7 Å². The number of ketones is 1. The molecule has 0 radical (unpaired) electrons. The van der Waals surface area contributed by atoms with Crippen molar-refractivity contribution in [3.63, 3.8) is 0 Å². The van der Waals surface area contributed by atoms with Gasteiger partial charge in [0.15, 0.2) is 0 Å². The van der Waals surface area contributed by atoms with Gasteiger partial charge >= 0.3 is 6.09 Å². The molecule has 0 heterocycles. The predicted octanol–water partition coefficient (Wildman–Crippen LogP) is 4.29. The lowest BCUT2D eigenvalue weighted by Crippen LogP contribution is -2.51. The summed E-state index contributed by atoms with van der Waals surface area (Å²) in [5.74, 6) is -0.0559. The molecule has 0 saturated heterocycles. The zero-order chi connectivity index (χ0) is 24.7. The summed E-state index contributed by atoms with van der Waals surface area (Å²) in [6.07, 6.45) is -0.481. The number of carbonyl (C=O) groups excluding carboxylic acids is 2. The van der Waals surface area contributed by atoms with Crippen LogP contribution in [0.1, 0.15) is 51.2 Å². The van der Waals surface area contributed by atoms with Crippen molar-refractivity contribution in [2.45, 2.75) is 64.8 Å². The van der Waals surface area contributed by atoms with Crippen LogP contribution in [-0.2, 0) is 16.1 Å². The Hall–Kier alpha value is -2.70. The molecule has 5 atom stereocenters. The highest BCUT2D eigenvalue weighted by Crippen LogP contribution is 2.46. The molecule has 3 unspecified atom stereocenters. The molecule has 1 fully saturated rings. The number of amides is 1. The molecule has 2 aromatic carbocycles. The lowest BCUT2D eigenvalue weighted by Gasteiger charge is -2.30. The molecule has 2 aromatic rings. The fourth-order valence-electron chi connectivity index (χ4n) is 4.60. The molecule has 1 aliphatic carbocycles. The Morgan fingerprint density at radius 3 is 2.21 bits per heavy atom. The Kier molecular flexibility index (Phi) is 9.25. The lowest BCUT2D eigenvalue weighted by molar-refractivity contribution is -0.112. The van der Waals surface area contributed by atoms with E-state index in [9.17, 15) is 14.7 Å². The van der Waals surface area contributed by atoms with Crippen LogP contribution < -0.4 is 10.6 Å². The second kappa shape index (κ2) is 12.1. The number of aliphatic hydroxyl groups is 1. The van der Waals surface area contributed by atoms with E-state index in [0.29, 0.717) is 12.5 Å². The summed E-state index contributed by atoms with van der Waals surface area (Å²) in [5.41, 5.74) is 1.89. The fraction of sp³-hybridized carbons (Fsp3) is 0.500. The van der Waals surface area contributed by atoms with Gasteiger partial charge in [-0.25, -0.2) is 4.79 Å². The molecule has 0 spiro atoms. The minimum Gasteiger partial charge on any atom is -0.445 e. The Bertz CT molecular complexity index is 917. The van der Waals surface area contributed by atoms with Gasteiger partial charge in [0.1, 0.15) is 12.4 Å². The van der Waals surface area contributed by atoms with Gasteiger partial charge in [-0.2, -0.15) is 0 Å². The Labute approximate surface area is 203 Å². The van der Waals surface area contributed by atoms with Gasteiger partial charge < -0.3 is 20.5 Å². The second-order valence-corrected chi connectivity index (χ2v) is 10.0. The van der Waals surface area contributed by atoms with Crippen molar-refractivity contribution in [2.75, 3.05) is 6.54 Å². The van der Waals surface area contributed by atoms with E-state index < -0.39 is 18.1 Å². The number of rotatable bonds is 12. The molecular formula is C28H38N2O4. The maximum absolute atomic E-state index is 12.5. The van der Waals surface area contributed by atoms with Gasteiger partial charge in [-0.3, -0.25) is 4.79 Å². The van der Waals surface area contributed by atoms with Crippen molar-refractivity contribution in [3.8, 4) is 0 Å². The van der Waals surface area contributed by atoms with Crippen LogP contribution in [-0.4, -0.2) is 41.7 Å². The minimum atomic E-state index is -0.789. The molecule has 1 amide bonds. The number of Topliss-reactive ketones (excluding diaryl/α,β-unsaturated/α-hetero) is 1. The molecule has 0 aromatic heterocycles. The number of benzene rings is 2. The maximum atomic E-state index is 12.5. The molecule has 34 heavy (non-hydrogen) atoms. The van der Waals surface area contributed by atoms with E-state index in [1.54, 1.807) is 0 Å². The summed E-state index contributed by atoms with van der Waals surface area (Å²) in [6, 6.07) is 18.8. The molecule has 0 aliphatic heterocycles. The summed E-state index contributed by atoms with van der Waals surface area (Å²) in [7, 11) is 0. The molecule has 1 aliphatic rings. The smallest absolute Gasteiger partial charge is 0.407 e. The first kappa shape index (κ1) is 25.9. The van der Waals surface area contributed by atoms with Crippen LogP contribution in [0.2, 0.25) is 0 Å². The van der Waals surface area contributed by atoms with E-state index in [-0.39, 0.29) is 36.3 Å². The summed E-state index contributed by atoms with van der Waals surface area (Å²) >= 11 is 0. The lowest BCUT2D eigenvalue weighted by atomic mass is 9.93. The van der Waals surface area contributed by atoms with Crippen molar-refractivity contribution in [3.05, 3.63) is 71.8 Å². The maximum Gasteiger partial charge on any atom is 0.407 e. The highest BCUT2D eigenvalue weighted by Gasteiger charge is 2.56. The Morgan fingerprint density at radius 1 is 1.00 bits per heavy atom. The average molecular weight is 467 g/mol. The van der Waals surface area contributed by atoms with Crippen molar-refractivity contribution in [1.82, 2.24) is 10.6 Å². The van der Waals surface area contributed by atoms with Crippen LogP contribution in [0.5, 0.6) is 0 Å². The van der Waals surface area contributed by atoms with Gasteiger partial charge in [-0.1, -0.05) is 88.4 Å². The number of hydrogen-bond donors (Lipinski definition) is 3. The molecule has 1 saturated carbocycles. The van der Waals surface area contributed by atoms with E-state index in [4.69, 9.17) is 4.74 Å². The third-order valence-electron chi connectivity index (χ3n) is 6.39. The third-order valence-corrected chi connectivity index (χ3v) is 6.39. The molecular weight excluding hydrogens is 428 g/mol. The number of ether oxygens (including phenoxy) is 1. The van der Waals surface area contributed by atoms with Crippen molar-refractivity contribution in [2.24, 2.45) is 17.8 Å². The number of nitrogens with one attached hydrogen (secondary N) is 2. The summed E-state index contributed by atoms with van der Waals surface area (Å²) in [4.78, 5) is 25.0. The zero-order valence-electron chi connectivity index (χ0n) is 20.6. The standard InChI is InChI=1S/C28H38N2O4/c1-18(2)15-22(30-28(33)34-17-20-11-7-5-8-12-20)16-29-25(19(3)4)27(32)24-23(26(24)31)21-13-9-6-10-14-21/h5-14,18-19,22-25,27,29,32H,15-17H2,1-4H3,(H,30,33)/t22-,23?,24?,25+,27?/m1/s1. The number of alkyl carbamates (subject to hydrolysis) is 1. The molecule has 3 N–H and O–H groups in total. The quantitative estimate of drug-likeness (QED) is 0.434. The average Bonchev–Trinajstić information content (AvgIpc) is 3.49. The van der Waals surface area contributed by atoms with Gasteiger partial charge in [0, 0.05) is 18.6 Å². The summed E-state index contributed by atoms with van der Waals surface area (Å²) < 4.78 is 5.40. The molecule has 6 heteroatoms. The number of aliphatic hydroxyl groups excluding tert-OH is 1. The number of hydrogen-bond acceptors (Lipinski definition) is 5. The molecule has 184 valence electrons. The predicted molar refractivity (Wildman–Crippen MR) is 133 cm³/mol. The first-order chi connectivity index (χ1) is 16.3. The van der Waals surface area contributed by atoms with E-state index in [1.165, 1.54) is 0 Å². The largest absolute Gasteiger partial charge is 0.445 e. The van der Waals surface area contributed by atoms with Crippen LogP contribution >= 0.6 is 0 Å². The van der Waals surface area contributed by atoms with Gasteiger partial charge in [0.2, 0.25) is 0 Å². The van der Waals surface area contributed by atoms with Gasteiger partial charge in [-0.05, 0) is 29.4 Å². The SMILES string of the molecule is CC(C)C[C@H](CN[C@@H](C(C)C)C(O)C1C(=O)C1c1ccccc1)NC(=O)OCc1ccccc1. The normalized spacial score (nSPS) is 20.1. The first-order valence-corrected chi connectivity index (χ1v) is 12.2. The molecule has 0 bridgehead atoms. The van der Waals surface area contributed by atoms with Crippen molar-refractivity contribution >= 4 is 11.9 Å². The summed E-state index contributed by atoms with van der Waals surface area (Å²) in [6.45, 7) is 8.97. The zero-order valence-corrected chi connectivity index (χ0v) is 20.6. The summed E-state index contributed by atoms with van der Waals surface area (Å²) in [5, 5.41) is 17.5. The van der Waals surface area contributed by atoms with Crippen molar-refractivity contribution < 1.29 is 19.4 Å². The Morgan fingerprint density at radius 2 is 1.62 bits per heavy atom. The van der Waals surface area contributed by atoms with Crippen LogP contribution in [0.25, 0.3) is 0 Å². The monoisotopic (exact) mass is 466 g/mol. The van der Waals surface area contributed by atoms with Gasteiger partial charge in [0.25, 0.3) is 0 Å².